The molecule has 1 aliphatic carbocycles. The zero-order chi connectivity index (χ0) is 12.8. The number of rotatable bonds is 2. The standard InChI is InChI=1S/C14H20N2O/c1-13(2)9-14(13,15)11-7-5-10(6-8-11)12(17)16(3)4/h5-8H,9,15H2,1-4H3. The molecule has 0 aliphatic heterocycles. The number of nitrogens with zero attached hydrogens (tertiary/aromatic N) is 1. The normalized spacial score (nSPS) is 25.5. The van der Waals surface area contributed by atoms with Crippen molar-refractivity contribution in [3.8, 4) is 0 Å². The van der Waals surface area contributed by atoms with E-state index in [9.17, 15) is 4.79 Å². The number of hydrogen-bond donors (Lipinski definition) is 1. The topological polar surface area (TPSA) is 46.3 Å². The van der Waals surface area contributed by atoms with Gasteiger partial charge < -0.3 is 10.6 Å². The molecule has 1 aromatic carbocycles. The summed E-state index contributed by atoms with van der Waals surface area (Å²) in [5.41, 5.74) is 8.12. The van der Waals surface area contributed by atoms with Crippen molar-refractivity contribution in [1.29, 1.82) is 0 Å². The minimum atomic E-state index is -0.216. The Labute approximate surface area is 103 Å². The number of nitrogens with two attached hydrogens (primary N) is 1. The van der Waals surface area contributed by atoms with Crippen LogP contribution in [0.1, 0.15) is 36.2 Å². The van der Waals surface area contributed by atoms with Gasteiger partial charge in [0.1, 0.15) is 0 Å². The summed E-state index contributed by atoms with van der Waals surface area (Å²) < 4.78 is 0. The van der Waals surface area contributed by atoms with Gasteiger partial charge in [-0.05, 0) is 29.5 Å². The largest absolute Gasteiger partial charge is 0.345 e. The summed E-state index contributed by atoms with van der Waals surface area (Å²) in [5, 5.41) is 0. The second kappa shape index (κ2) is 3.57. The van der Waals surface area contributed by atoms with Crippen molar-refractivity contribution in [2.24, 2.45) is 11.1 Å². The predicted octanol–water partition coefficient (Wildman–Crippen LogP) is 1.97. The van der Waals surface area contributed by atoms with Crippen LogP contribution in [0.5, 0.6) is 0 Å². The summed E-state index contributed by atoms with van der Waals surface area (Å²) >= 11 is 0. The molecule has 0 aromatic heterocycles. The number of benzene rings is 1. The SMILES string of the molecule is CN(C)C(=O)c1ccc(C2(N)CC2(C)C)cc1. The van der Waals surface area contributed by atoms with E-state index in [2.05, 4.69) is 13.8 Å². The second-order valence-corrected chi connectivity index (χ2v) is 5.81. The fraction of sp³-hybridized carbons (Fsp3) is 0.500. The van der Waals surface area contributed by atoms with Crippen molar-refractivity contribution in [2.75, 3.05) is 14.1 Å². The number of carbonyl (C=O) groups is 1. The maximum atomic E-state index is 11.7. The molecule has 1 amide bonds. The van der Waals surface area contributed by atoms with Gasteiger partial charge in [0, 0.05) is 25.2 Å². The summed E-state index contributed by atoms with van der Waals surface area (Å²) in [4.78, 5) is 13.3. The first kappa shape index (κ1) is 12.1. The molecule has 0 bridgehead atoms. The van der Waals surface area contributed by atoms with Crippen LogP contribution < -0.4 is 5.73 Å². The lowest BCUT2D eigenvalue weighted by Gasteiger charge is -2.16. The predicted molar refractivity (Wildman–Crippen MR) is 68.7 cm³/mol. The van der Waals surface area contributed by atoms with Gasteiger partial charge in [0.25, 0.3) is 5.91 Å². The van der Waals surface area contributed by atoms with Crippen molar-refractivity contribution in [1.82, 2.24) is 4.90 Å². The van der Waals surface area contributed by atoms with Gasteiger partial charge in [0.2, 0.25) is 0 Å². The van der Waals surface area contributed by atoms with Gasteiger partial charge in [0.05, 0.1) is 0 Å². The molecule has 0 radical (unpaired) electrons. The van der Waals surface area contributed by atoms with Crippen LogP contribution in [-0.4, -0.2) is 24.9 Å². The van der Waals surface area contributed by atoms with E-state index in [1.807, 2.05) is 24.3 Å². The summed E-state index contributed by atoms with van der Waals surface area (Å²) in [7, 11) is 3.51. The van der Waals surface area contributed by atoms with Crippen molar-refractivity contribution >= 4 is 5.91 Å². The zero-order valence-corrected chi connectivity index (χ0v) is 10.9. The molecular weight excluding hydrogens is 212 g/mol. The highest BCUT2D eigenvalue weighted by atomic mass is 16.2. The molecule has 0 heterocycles. The summed E-state index contributed by atoms with van der Waals surface area (Å²) in [5.74, 6) is 0.0256. The van der Waals surface area contributed by atoms with Gasteiger partial charge in [-0.3, -0.25) is 4.79 Å². The Hall–Kier alpha value is -1.35. The third kappa shape index (κ3) is 1.84. The van der Waals surface area contributed by atoms with Gasteiger partial charge in [-0.15, -0.1) is 0 Å². The van der Waals surface area contributed by atoms with Crippen molar-refractivity contribution in [3.05, 3.63) is 35.4 Å². The highest BCUT2D eigenvalue weighted by Crippen LogP contribution is 2.60. The minimum absolute atomic E-state index is 0.0256. The Kier molecular flexibility index (Phi) is 2.54. The molecule has 0 spiro atoms. The number of amides is 1. The number of hydrogen-bond acceptors (Lipinski definition) is 2. The fourth-order valence-corrected chi connectivity index (χ4v) is 2.31. The molecule has 17 heavy (non-hydrogen) atoms. The highest BCUT2D eigenvalue weighted by Gasteiger charge is 2.59. The van der Waals surface area contributed by atoms with E-state index in [4.69, 9.17) is 5.73 Å². The third-order valence-corrected chi connectivity index (χ3v) is 3.86. The van der Waals surface area contributed by atoms with Crippen LogP contribution in [0.4, 0.5) is 0 Å². The second-order valence-electron chi connectivity index (χ2n) is 5.81. The van der Waals surface area contributed by atoms with Crippen molar-refractivity contribution in [2.45, 2.75) is 25.8 Å². The maximum absolute atomic E-state index is 11.7. The molecule has 3 heteroatoms. The first-order valence-electron chi connectivity index (χ1n) is 5.89. The monoisotopic (exact) mass is 232 g/mol. The molecule has 92 valence electrons. The van der Waals surface area contributed by atoms with E-state index in [0.717, 1.165) is 12.0 Å². The summed E-state index contributed by atoms with van der Waals surface area (Å²) in [6.07, 6.45) is 1.00. The molecule has 1 aliphatic rings. The lowest BCUT2D eigenvalue weighted by Crippen LogP contribution is -2.26. The van der Waals surface area contributed by atoms with Gasteiger partial charge in [-0.25, -0.2) is 0 Å². The van der Waals surface area contributed by atoms with Crippen molar-refractivity contribution < 1.29 is 4.79 Å². The van der Waals surface area contributed by atoms with Crippen molar-refractivity contribution in [3.63, 3.8) is 0 Å². The Morgan fingerprint density at radius 2 is 1.71 bits per heavy atom. The van der Waals surface area contributed by atoms with Crippen LogP contribution in [0, 0.1) is 5.41 Å². The Balaban J connectivity index is 2.23. The highest BCUT2D eigenvalue weighted by molar-refractivity contribution is 5.93. The zero-order valence-electron chi connectivity index (χ0n) is 10.9. The van der Waals surface area contributed by atoms with Gasteiger partial charge >= 0.3 is 0 Å². The van der Waals surface area contributed by atoms with Crippen LogP contribution in [-0.2, 0) is 5.54 Å². The Morgan fingerprint density at radius 3 is 2.06 bits per heavy atom. The molecular formula is C14H20N2O. The van der Waals surface area contributed by atoms with E-state index < -0.39 is 0 Å². The quantitative estimate of drug-likeness (QED) is 0.847. The molecule has 2 N–H and O–H groups in total. The molecule has 1 unspecified atom stereocenters. The molecule has 1 atom stereocenters. The van der Waals surface area contributed by atoms with E-state index in [-0.39, 0.29) is 16.9 Å². The third-order valence-electron chi connectivity index (χ3n) is 3.86. The van der Waals surface area contributed by atoms with E-state index >= 15 is 0 Å². The summed E-state index contributed by atoms with van der Waals surface area (Å²) in [6, 6.07) is 7.68. The average Bonchev–Trinajstić information content (AvgIpc) is 2.78. The molecule has 0 saturated heterocycles. The van der Waals surface area contributed by atoms with Crippen LogP contribution in [0.15, 0.2) is 24.3 Å². The van der Waals surface area contributed by atoms with Crippen LogP contribution in [0.2, 0.25) is 0 Å². The lowest BCUT2D eigenvalue weighted by molar-refractivity contribution is 0.0827. The molecule has 3 nitrogen and oxygen atoms in total. The van der Waals surface area contributed by atoms with Gasteiger partial charge in [0.15, 0.2) is 0 Å². The van der Waals surface area contributed by atoms with Crippen LogP contribution in [0.3, 0.4) is 0 Å². The fourth-order valence-electron chi connectivity index (χ4n) is 2.31. The van der Waals surface area contributed by atoms with Gasteiger partial charge in [-0.2, -0.15) is 0 Å². The first-order chi connectivity index (χ1) is 7.78. The van der Waals surface area contributed by atoms with Gasteiger partial charge in [-0.1, -0.05) is 26.0 Å². The van der Waals surface area contributed by atoms with E-state index in [1.54, 1.807) is 19.0 Å². The summed E-state index contributed by atoms with van der Waals surface area (Å²) in [6.45, 7) is 4.35. The first-order valence-corrected chi connectivity index (χ1v) is 5.89. The van der Waals surface area contributed by atoms with Crippen LogP contribution >= 0.6 is 0 Å². The van der Waals surface area contributed by atoms with E-state index in [1.165, 1.54) is 0 Å². The molecule has 1 saturated carbocycles. The van der Waals surface area contributed by atoms with Crippen LogP contribution in [0.25, 0.3) is 0 Å². The molecule has 1 fully saturated rings. The maximum Gasteiger partial charge on any atom is 0.253 e. The minimum Gasteiger partial charge on any atom is -0.345 e. The average molecular weight is 232 g/mol. The lowest BCUT2D eigenvalue weighted by atomic mass is 9.96. The van der Waals surface area contributed by atoms with E-state index in [0.29, 0.717) is 5.56 Å². The Morgan fingerprint density at radius 1 is 1.24 bits per heavy atom. The Bertz CT molecular complexity index is 448. The molecule has 1 aromatic rings. The number of carbonyl (C=O) groups excluding carboxylic acids is 1. The smallest absolute Gasteiger partial charge is 0.253 e. The molecule has 2 rings (SSSR count).